The van der Waals surface area contributed by atoms with E-state index >= 15 is 0 Å². The highest BCUT2D eigenvalue weighted by Crippen LogP contribution is 2.28. The van der Waals surface area contributed by atoms with E-state index in [1.807, 2.05) is 25.1 Å². The van der Waals surface area contributed by atoms with Crippen LogP contribution in [0.3, 0.4) is 0 Å². The Morgan fingerprint density at radius 3 is 2.09 bits per heavy atom. The molecule has 1 heterocycles. The number of esters is 1. The molecule has 4 rings (SSSR count). The van der Waals surface area contributed by atoms with Crippen LogP contribution in [-0.2, 0) is 9.53 Å². The average Bonchev–Trinajstić information content (AvgIpc) is 3.09. The van der Waals surface area contributed by atoms with Crippen LogP contribution in [0.1, 0.15) is 38.0 Å². The second kappa shape index (κ2) is 8.85. The van der Waals surface area contributed by atoms with Gasteiger partial charge in [0.1, 0.15) is 0 Å². The van der Waals surface area contributed by atoms with Gasteiger partial charge in [-0.15, -0.1) is 0 Å². The van der Waals surface area contributed by atoms with Crippen molar-refractivity contribution < 1.29 is 23.9 Å². The number of carbonyl (C=O) groups is 4. The summed E-state index contributed by atoms with van der Waals surface area (Å²) < 4.78 is 5.21. The molecule has 3 amide bonds. The first-order chi connectivity index (χ1) is 15.5. The second-order valence-electron chi connectivity index (χ2n) is 7.09. The van der Waals surface area contributed by atoms with E-state index in [4.69, 9.17) is 4.74 Å². The van der Waals surface area contributed by atoms with Gasteiger partial charge in [-0.05, 0) is 49.4 Å². The minimum absolute atomic E-state index is 0.134. The van der Waals surface area contributed by atoms with Gasteiger partial charge in [0.2, 0.25) is 0 Å². The second-order valence-corrected chi connectivity index (χ2v) is 7.09. The maximum atomic E-state index is 12.7. The molecule has 0 N–H and O–H groups in total. The Morgan fingerprint density at radius 1 is 0.844 bits per heavy atom. The molecule has 0 fully saturated rings. The van der Waals surface area contributed by atoms with Gasteiger partial charge in [-0.3, -0.25) is 14.4 Å². The normalized spacial score (nSPS) is 12.5. The Hall–Kier alpha value is -4.26. The van der Waals surface area contributed by atoms with Crippen molar-refractivity contribution in [1.82, 2.24) is 0 Å². The van der Waals surface area contributed by atoms with Crippen LogP contribution in [-0.4, -0.2) is 36.8 Å². The number of likely N-dealkylation sites (N-methyl/N-ethyl adjacent to an activating group) is 1. The van der Waals surface area contributed by atoms with Crippen LogP contribution in [0, 0.1) is 0 Å². The number of ether oxygens (including phenoxy) is 1. The monoisotopic (exact) mass is 428 g/mol. The molecule has 1 aliphatic rings. The van der Waals surface area contributed by atoms with Crippen molar-refractivity contribution in [1.29, 1.82) is 0 Å². The molecule has 7 heteroatoms. The van der Waals surface area contributed by atoms with Crippen molar-refractivity contribution in [3.05, 3.63) is 95.6 Å². The Morgan fingerprint density at radius 2 is 1.47 bits per heavy atom. The van der Waals surface area contributed by atoms with Crippen molar-refractivity contribution in [3.8, 4) is 0 Å². The third kappa shape index (κ3) is 3.88. The van der Waals surface area contributed by atoms with E-state index in [-0.39, 0.29) is 17.2 Å². The minimum Gasteiger partial charge on any atom is -0.452 e. The van der Waals surface area contributed by atoms with E-state index in [1.165, 1.54) is 17.0 Å². The topological polar surface area (TPSA) is 84.0 Å². The van der Waals surface area contributed by atoms with E-state index in [2.05, 4.69) is 0 Å². The van der Waals surface area contributed by atoms with Crippen LogP contribution >= 0.6 is 0 Å². The standard InChI is InChI=1S/C25H20N2O5/c1-2-26(18-10-4-3-5-11-18)22(28)16-32-25(31)17-9-8-12-19(15-17)27-23(29)20-13-6-7-14-21(20)24(27)30/h3-15H,2,16H2,1H3. The molecule has 0 radical (unpaired) electrons. The predicted octanol–water partition coefficient (Wildman–Crippen LogP) is 3.70. The summed E-state index contributed by atoms with van der Waals surface area (Å²) in [5, 5.41) is 0. The fourth-order valence-corrected chi connectivity index (χ4v) is 3.60. The number of fused-ring (bicyclic) bond motifs is 1. The van der Waals surface area contributed by atoms with Gasteiger partial charge in [0, 0.05) is 12.2 Å². The van der Waals surface area contributed by atoms with E-state index in [1.54, 1.807) is 48.5 Å². The number of hydrogen-bond donors (Lipinski definition) is 0. The molecule has 0 saturated heterocycles. The first-order valence-corrected chi connectivity index (χ1v) is 10.1. The van der Waals surface area contributed by atoms with E-state index in [0.717, 1.165) is 4.90 Å². The summed E-state index contributed by atoms with van der Waals surface area (Å²) in [4.78, 5) is 53.0. The van der Waals surface area contributed by atoms with E-state index in [9.17, 15) is 19.2 Å². The lowest BCUT2D eigenvalue weighted by atomic mass is 10.1. The molecule has 0 aliphatic carbocycles. The number of rotatable bonds is 6. The van der Waals surface area contributed by atoms with Crippen LogP contribution in [0.25, 0.3) is 0 Å². The molecule has 32 heavy (non-hydrogen) atoms. The third-order valence-electron chi connectivity index (χ3n) is 5.15. The molecular weight excluding hydrogens is 408 g/mol. The van der Waals surface area contributed by atoms with Gasteiger partial charge in [0.25, 0.3) is 17.7 Å². The summed E-state index contributed by atoms with van der Waals surface area (Å²) in [6.07, 6.45) is 0. The lowest BCUT2D eigenvalue weighted by Crippen LogP contribution is -2.34. The third-order valence-corrected chi connectivity index (χ3v) is 5.15. The number of benzene rings is 3. The van der Waals surface area contributed by atoms with Crippen molar-refractivity contribution in [2.24, 2.45) is 0 Å². The fourth-order valence-electron chi connectivity index (χ4n) is 3.60. The van der Waals surface area contributed by atoms with Crippen molar-refractivity contribution in [2.75, 3.05) is 23.0 Å². The van der Waals surface area contributed by atoms with E-state index < -0.39 is 24.4 Å². The molecule has 3 aromatic rings. The predicted molar refractivity (Wildman–Crippen MR) is 119 cm³/mol. The molecule has 0 aromatic heterocycles. The summed E-state index contributed by atoms with van der Waals surface area (Å²) in [7, 11) is 0. The summed E-state index contributed by atoms with van der Waals surface area (Å²) >= 11 is 0. The Bertz CT molecular complexity index is 1170. The summed E-state index contributed by atoms with van der Waals surface area (Å²) in [5.41, 5.74) is 1.74. The van der Waals surface area contributed by atoms with Gasteiger partial charge in [-0.25, -0.2) is 9.69 Å². The quantitative estimate of drug-likeness (QED) is 0.442. The smallest absolute Gasteiger partial charge is 0.338 e. The summed E-state index contributed by atoms with van der Waals surface area (Å²) in [6, 6.07) is 21.7. The maximum Gasteiger partial charge on any atom is 0.338 e. The molecule has 0 unspecified atom stereocenters. The van der Waals surface area contributed by atoms with Crippen LogP contribution in [0.5, 0.6) is 0 Å². The molecule has 0 saturated carbocycles. The van der Waals surface area contributed by atoms with Gasteiger partial charge in [0.05, 0.1) is 22.4 Å². The molecule has 0 atom stereocenters. The lowest BCUT2D eigenvalue weighted by molar-refractivity contribution is -0.121. The average molecular weight is 428 g/mol. The first-order valence-electron chi connectivity index (χ1n) is 10.1. The first kappa shape index (κ1) is 21.0. The SMILES string of the molecule is CCN(C(=O)COC(=O)c1cccc(N2C(=O)c3ccccc3C2=O)c1)c1ccccc1. The summed E-state index contributed by atoms with van der Waals surface area (Å²) in [5.74, 6) is -1.98. The zero-order valence-corrected chi connectivity index (χ0v) is 17.4. The van der Waals surface area contributed by atoms with Crippen LogP contribution in [0.15, 0.2) is 78.9 Å². The molecule has 160 valence electrons. The van der Waals surface area contributed by atoms with Gasteiger partial charge >= 0.3 is 5.97 Å². The highest BCUT2D eigenvalue weighted by molar-refractivity contribution is 6.34. The molecule has 0 spiro atoms. The van der Waals surface area contributed by atoms with Gasteiger partial charge < -0.3 is 9.64 Å². The summed E-state index contributed by atoms with van der Waals surface area (Å²) in [6.45, 7) is 1.83. The van der Waals surface area contributed by atoms with Crippen LogP contribution in [0.4, 0.5) is 11.4 Å². The number of carbonyl (C=O) groups excluding carboxylic acids is 4. The van der Waals surface area contributed by atoms with Gasteiger partial charge in [-0.1, -0.05) is 36.4 Å². The number of nitrogens with zero attached hydrogens (tertiary/aromatic N) is 2. The molecule has 0 bridgehead atoms. The molecule has 3 aromatic carbocycles. The van der Waals surface area contributed by atoms with Gasteiger partial charge in [-0.2, -0.15) is 0 Å². The van der Waals surface area contributed by atoms with Gasteiger partial charge in [0.15, 0.2) is 6.61 Å². The minimum atomic E-state index is -0.721. The maximum absolute atomic E-state index is 12.7. The van der Waals surface area contributed by atoms with Crippen molar-refractivity contribution in [2.45, 2.75) is 6.92 Å². The highest BCUT2D eigenvalue weighted by atomic mass is 16.5. The molecule has 1 aliphatic heterocycles. The number of amides is 3. The van der Waals surface area contributed by atoms with Crippen molar-refractivity contribution in [3.63, 3.8) is 0 Å². The van der Waals surface area contributed by atoms with Crippen LogP contribution < -0.4 is 9.80 Å². The Balaban J connectivity index is 1.47. The largest absolute Gasteiger partial charge is 0.452 e. The number of hydrogen-bond acceptors (Lipinski definition) is 5. The number of imide groups is 1. The fraction of sp³-hybridized carbons (Fsp3) is 0.120. The molecular formula is C25H20N2O5. The Labute approximate surface area is 184 Å². The molecule has 7 nitrogen and oxygen atoms in total. The Kier molecular flexibility index (Phi) is 5.81. The lowest BCUT2D eigenvalue weighted by Gasteiger charge is -2.20. The highest BCUT2D eigenvalue weighted by Gasteiger charge is 2.36. The van der Waals surface area contributed by atoms with Crippen LogP contribution in [0.2, 0.25) is 0 Å². The number of anilines is 2. The van der Waals surface area contributed by atoms with E-state index in [0.29, 0.717) is 23.4 Å². The zero-order chi connectivity index (χ0) is 22.7. The van der Waals surface area contributed by atoms with Crippen molar-refractivity contribution >= 4 is 35.1 Å². The zero-order valence-electron chi connectivity index (χ0n) is 17.4. The number of para-hydroxylation sites is 1.